The van der Waals surface area contributed by atoms with Gasteiger partial charge in [0.25, 0.3) is 5.91 Å². The summed E-state index contributed by atoms with van der Waals surface area (Å²) in [6.07, 6.45) is 0.240. The molecule has 0 fully saturated rings. The summed E-state index contributed by atoms with van der Waals surface area (Å²) in [5, 5.41) is 25.0. The summed E-state index contributed by atoms with van der Waals surface area (Å²) in [7, 11) is 0. The molecule has 0 spiro atoms. The Bertz CT molecular complexity index is 1130. The molecule has 34 heavy (non-hydrogen) atoms. The maximum atomic E-state index is 14.4. The molecule has 0 bridgehead atoms. The lowest BCUT2D eigenvalue weighted by Gasteiger charge is -2.22. The van der Waals surface area contributed by atoms with Crippen LogP contribution in [0.3, 0.4) is 0 Å². The van der Waals surface area contributed by atoms with E-state index >= 15 is 0 Å². The number of hydrogen-bond acceptors (Lipinski definition) is 5. The van der Waals surface area contributed by atoms with Crippen LogP contribution in [0.5, 0.6) is 17.2 Å². The summed E-state index contributed by atoms with van der Waals surface area (Å²) in [5.41, 5.74) is 2.72. The van der Waals surface area contributed by atoms with Crippen molar-refractivity contribution in [2.24, 2.45) is 0 Å². The minimum absolute atomic E-state index is 0.0126. The van der Waals surface area contributed by atoms with Gasteiger partial charge in [-0.15, -0.1) is 0 Å². The highest BCUT2D eigenvalue weighted by molar-refractivity contribution is 5.94. The number of nitrogens with one attached hydrogen (secondary N) is 2. The number of benzene rings is 3. The number of halogens is 2. The molecule has 0 aliphatic rings. The number of amides is 1. The Morgan fingerprint density at radius 3 is 2.47 bits per heavy atom. The normalized spacial score (nSPS) is 11.8. The first-order valence-corrected chi connectivity index (χ1v) is 11.0. The first-order valence-electron chi connectivity index (χ1n) is 11.0. The van der Waals surface area contributed by atoms with Crippen molar-refractivity contribution >= 4 is 5.91 Å². The van der Waals surface area contributed by atoms with Crippen LogP contribution in [0.1, 0.15) is 34.0 Å². The van der Waals surface area contributed by atoms with Crippen molar-refractivity contribution in [1.29, 1.82) is 0 Å². The molecule has 3 aromatic rings. The lowest BCUT2D eigenvalue weighted by molar-refractivity contribution is 0.0924. The molecule has 0 radical (unpaired) electrons. The van der Waals surface area contributed by atoms with Gasteiger partial charge in [-0.2, -0.15) is 0 Å². The van der Waals surface area contributed by atoms with Gasteiger partial charge in [0.1, 0.15) is 11.9 Å². The second kappa shape index (κ2) is 11.5. The van der Waals surface area contributed by atoms with Crippen molar-refractivity contribution in [3.63, 3.8) is 0 Å². The monoisotopic (exact) mass is 470 g/mol. The third kappa shape index (κ3) is 6.68. The third-order valence-corrected chi connectivity index (χ3v) is 5.31. The molecule has 3 rings (SSSR count). The molecule has 0 aliphatic carbocycles. The highest BCUT2D eigenvalue weighted by Crippen LogP contribution is 2.26. The molecule has 3 aromatic carbocycles. The van der Waals surface area contributed by atoms with E-state index in [1.165, 1.54) is 23.8 Å². The zero-order chi connectivity index (χ0) is 24.7. The number of carbonyl (C=O) groups is 1. The summed E-state index contributed by atoms with van der Waals surface area (Å²) < 4.78 is 33.7. The smallest absolute Gasteiger partial charge is 0.251 e. The van der Waals surface area contributed by atoms with Gasteiger partial charge in [-0.05, 0) is 54.3 Å². The number of phenols is 2. The second-order valence-electron chi connectivity index (χ2n) is 7.99. The summed E-state index contributed by atoms with van der Waals surface area (Å²) in [6, 6.07) is 13.8. The van der Waals surface area contributed by atoms with Gasteiger partial charge in [-0.3, -0.25) is 4.79 Å². The lowest BCUT2D eigenvalue weighted by Crippen LogP contribution is -2.41. The average molecular weight is 471 g/mol. The zero-order valence-electron chi connectivity index (χ0n) is 19.1. The van der Waals surface area contributed by atoms with E-state index in [-0.39, 0.29) is 30.2 Å². The fourth-order valence-electron chi connectivity index (χ4n) is 3.47. The van der Waals surface area contributed by atoms with Crippen LogP contribution in [0.2, 0.25) is 0 Å². The highest BCUT2D eigenvalue weighted by atomic mass is 19.1. The minimum atomic E-state index is -0.826. The van der Waals surface area contributed by atoms with E-state index in [4.69, 9.17) is 4.74 Å². The molecule has 1 amide bonds. The van der Waals surface area contributed by atoms with E-state index in [0.717, 1.165) is 24.1 Å². The quantitative estimate of drug-likeness (QED) is 0.333. The van der Waals surface area contributed by atoms with E-state index < -0.39 is 29.4 Å². The van der Waals surface area contributed by atoms with Crippen LogP contribution in [0.25, 0.3) is 0 Å². The van der Waals surface area contributed by atoms with Crippen molar-refractivity contribution in [2.75, 3.05) is 13.1 Å². The number of ether oxygens (including phenoxy) is 1. The molecule has 0 heterocycles. The van der Waals surface area contributed by atoms with Gasteiger partial charge < -0.3 is 25.6 Å². The van der Waals surface area contributed by atoms with Gasteiger partial charge >= 0.3 is 0 Å². The van der Waals surface area contributed by atoms with E-state index in [2.05, 4.69) is 23.6 Å². The first-order chi connectivity index (χ1) is 16.3. The van der Waals surface area contributed by atoms with Gasteiger partial charge in [0.05, 0.1) is 6.54 Å². The number of aromatic hydroxyl groups is 2. The third-order valence-electron chi connectivity index (χ3n) is 5.31. The van der Waals surface area contributed by atoms with E-state index in [1.54, 1.807) is 6.92 Å². The maximum absolute atomic E-state index is 14.4. The predicted molar refractivity (Wildman–Crippen MR) is 125 cm³/mol. The second-order valence-corrected chi connectivity index (χ2v) is 7.99. The zero-order valence-corrected chi connectivity index (χ0v) is 19.1. The summed E-state index contributed by atoms with van der Waals surface area (Å²) in [6.45, 7) is 4.44. The molecular weight excluding hydrogens is 442 g/mol. The van der Waals surface area contributed by atoms with E-state index in [1.807, 2.05) is 18.2 Å². The van der Waals surface area contributed by atoms with Crippen LogP contribution in [0.4, 0.5) is 8.78 Å². The van der Waals surface area contributed by atoms with Crippen LogP contribution in [-0.4, -0.2) is 35.3 Å². The van der Waals surface area contributed by atoms with Crippen LogP contribution in [0, 0.1) is 18.6 Å². The molecule has 6 nitrogen and oxygen atoms in total. The highest BCUT2D eigenvalue weighted by Gasteiger charge is 2.18. The first kappa shape index (κ1) is 25.0. The van der Waals surface area contributed by atoms with Crippen molar-refractivity contribution in [2.45, 2.75) is 32.9 Å². The standard InChI is InChI=1S/C26H28F2N2O4/c1-3-17-5-4-6-18(10-17)13-29-14-21(34-25-16(2)9-20(27)12-22(25)28)15-30-26(33)19-7-8-23(31)24(32)11-19/h4-12,21,29,31-32H,3,13-15H2,1-2H3,(H,30,33)/t21-/m1/s1. The number of carbonyl (C=O) groups excluding carboxylic acids is 1. The molecule has 0 saturated carbocycles. The fourth-order valence-corrected chi connectivity index (χ4v) is 3.47. The number of aryl methyl sites for hydroxylation is 2. The van der Waals surface area contributed by atoms with Crippen LogP contribution in [-0.2, 0) is 13.0 Å². The van der Waals surface area contributed by atoms with Gasteiger partial charge in [-0.25, -0.2) is 8.78 Å². The van der Waals surface area contributed by atoms with Crippen LogP contribution in [0.15, 0.2) is 54.6 Å². The van der Waals surface area contributed by atoms with Crippen molar-refractivity contribution in [1.82, 2.24) is 10.6 Å². The molecule has 0 saturated heterocycles. The number of hydrogen-bond donors (Lipinski definition) is 4. The van der Waals surface area contributed by atoms with Crippen LogP contribution < -0.4 is 15.4 Å². The molecule has 180 valence electrons. The SMILES string of the molecule is CCc1cccc(CNC[C@H](CNC(=O)c2ccc(O)c(O)c2)Oc2c(C)cc(F)cc2F)c1. The van der Waals surface area contributed by atoms with Gasteiger partial charge in [0, 0.05) is 24.7 Å². The molecule has 1 atom stereocenters. The van der Waals surface area contributed by atoms with Gasteiger partial charge in [0.2, 0.25) is 0 Å². The Kier molecular flexibility index (Phi) is 8.43. The molecule has 4 N–H and O–H groups in total. The van der Waals surface area contributed by atoms with Gasteiger partial charge in [0.15, 0.2) is 23.1 Å². The van der Waals surface area contributed by atoms with Gasteiger partial charge in [-0.1, -0.05) is 31.2 Å². The Morgan fingerprint density at radius 2 is 1.76 bits per heavy atom. The topological polar surface area (TPSA) is 90.8 Å². The molecular formula is C26H28F2N2O4. The maximum Gasteiger partial charge on any atom is 0.251 e. The van der Waals surface area contributed by atoms with E-state index in [9.17, 15) is 23.8 Å². The minimum Gasteiger partial charge on any atom is -0.504 e. The molecule has 0 aliphatic heterocycles. The summed E-state index contributed by atoms with van der Waals surface area (Å²) in [4.78, 5) is 12.5. The molecule has 0 unspecified atom stereocenters. The van der Waals surface area contributed by atoms with Crippen molar-refractivity contribution < 1.29 is 28.5 Å². The number of rotatable bonds is 10. The summed E-state index contributed by atoms with van der Waals surface area (Å²) >= 11 is 0. The fraction of sp³-hybridized carbons (Fsp3) is 0.269. The average Bonchev–Trinajstić information content (AvgIpc) is 2.81. The Hall–Kier alpha value is -3.65. The predicted octanol–water partition coefficient (Wildman–Crippen LogP) is 4.21. The Morgan fingerprint density at radius 1 is 1.00 bits per heavy atom. The van der Waals surface area contributed by atoms with E-state index in [0.29, 0.717) is 12.1 Å². The summed E-state index contributed by atoms with van der Waals surface area (Å²) in [5.74, 6) is -2.87. The Labute approximate surface area is 197 Å². The van der Waals surface area contributed by atoms with Crippen molar-refractivity contribution in [3.05, 3.63) is 88.5 Å². The molecule has 8 heteroatoms. The van der Waals surface area contributed by atoms with Crippen LogP contribution >= 0.6 is 0 Å². The largest absolute Gasteiger partial charge is 0.504 e. The Balaban J connectivity index is 1.70. The molecule has 0 aromatic heterocycles. The number of phenolic OH excluding ortho intramolecular Hbond substituents is 2. The lowest BCUT2D eigenvalue weighted by atomic mass is 10.1. The van der Waals surface area contributed by atoms with Crippen molar-refractivity contribution in [3.8, 4) is 17.2 Å².